The third-order valence-electron chi connectivity index (χ3n) is 3.58. The van der Waals surface area contributed by atoms with E-state index in [1.165, 1.54) is 35.9 Å². The third kappa shape index (κ3) is 7.26. The first-order valence-corrected chi connectivity index (χ1v) is 9.75. The van der Waals surface area contributed by atoms with Crippen LogP contribution < -0.4 is 11.5 Å². The van der Waals surface area contributed by atoms with Crippen LogP contribution in [0.15, 0.2) is 10.3 Å². The molecule has 1 aromatic heterocycles. The Kier molecular flexibility index (Phi) is 9.09. The number of ether oxygens (including phenoxy) is 1. The molecular weight excluding hydrogens is 332 g/mol. The van der Waals surface area contributed by atoms with Crippen molar-refractivity contribution < 1.29 is 14.3 Å². The highest BCUT2D eigenvalue weighted by atomic mass is 32.2. The minimum absolute atomic E-state index is 0.174. The zero-order chi connectivity index (χ0) is 17.2. The molecule has 0 bridgehead atoms. The highest BCUT2D eigenvalue weighted by Crippen LogP contribution is 2.33. The number of carbonyl (C=O) groups excluding carboxylic acids is 2. The maximum absolute atomic E-state index is 11.8. The molecule has 1 amide bonds. The van der Waals surface area contributed by atoms with Gasteiger partial charge in [-0.2, -0.15) is 0 Å². The van der Waals surface area contributed by atoms with Crippen molar-refractivity contribution in [1.29, 1.82) is 0 Å². The molecule has 7 heteroatoms. The Hall–Kier alpha value is -1.21. The van der Waals surface area contributed by atoms with Gasteiger partial charge in [-0.05, 0) is 18.4 Å². The standard InChI is InChI=1S/C16H26N2O3S2/c1-3-5-6-11(4-2)10-21-13(19)7-8-22-14-9-12(15(17)20)16(18)23-14/h9,11H,3-8,10,18H2,1-2H3,(H2,17,20). The summed E-state index contributed by atoms with van der Waals surface area (Å²) in [5, 5.41) is 0.421. The Labute approximate surface area is 146 Å². The number of hydrogen-bond donors (Lipinski definition) is 2. The molecule has 0 fully saturated rings. The van der Waals surface area contributed by atoms with Gasteiger partial charge in [0.25, 0.3) is 5.91 Å². The second-order valence-electron chi connectivity index (χ2n) is 5.41. The molecule has 23 heavy (non-hydrogen) atoms. The fraction of sp³-hybridized carbons (Fsp3) is 0.625. The number of anilines is 1. The van der Waals surface area contributed by atoms with Gasteiger partial charge in [0.05, 0.1) is 27.8 Å². The summed E-state index contributed by atoms with van der Waals surface area (Å²) in [6.45, 7) is 4.80. The molecule has 0 aliphatic carbocycles. The summed E-state index contributed by atoms with van der Waals surface area (Å²) >= 11 is 2.80. The van der Waals surface area contributed by atoms with Crippen molar-refractivity contribution in [1.82, 2.24) is 0 Å². The lowest BCUT2D eigenvalue weighted by Crippen LogP contribution is -2.14. The quantitative estimate of drug-likeness (QED) is 0.465. The van der Waals surface area contributed by atoms with Gasteiger partial charge in [-0.25, -0.2) is 0 Å². The minimum Gasteiger partial charge on any atom is -0.465 e. The van der Waals surface area contributed by atoms with Crippen LogP contribution in [0.1, 0.15) is 56.3 Å². The highest BCUT2D eigenvalue weighted by Gasteiger charge is 2.13. The summed E-state index contributed by atoms with van der Waals surface area (Å²) in [7, 11) is 0. The second-order valence-corrected chi connectivity index (χ2v) is 7.88. The van der Waals surface area contributed by atoms with E-state index in [0.29, 0.717) is 35.3 Å². The predicted octanol–water partition coefficient (Wildman–Crippen LogP) is 3.67. The van der Waals surface area contributed by atoms with Crippen molar-refractivity contribution in [3.05, 3.63) is 11.6 Å². The van der Waals surface area contributed by atoms with Crippen LogP contribution in [0, 0.1) is 5.92 Å². The maximum atomic E-state index is 11.8. The molecule has 1 atom stereocenters. The van der Waals surface area contributed by atoms with E-state index in [9.17, 15) is 9.59 Å². The number of carbonyl (C=O) groups is 2. The molecule has 1 aromatic rings. The van der Waals surface area contributed by atoms with Gasteiger partial charge in [0.15, 0.2) is 0 Å². The van der Waals surface area contributed by atoms with E-state index in [0.717, 1.165) is 17.1 Å². The molecule has 0 saturated carbocycles. The molecule has 0 saturated heterocycles. The molecule has 4 N–H and O–H groups in total. The Bertz CT molecular complexity index is 517. The number of amides is 1. The molecule has 1 rings (SSSR count). The first-order valence-electron chi connectivity index (χ1n) is 7.95. The van der Waals surface area contributed by atoms with Gasteiger partial charge in [0, 0.05) is 5.75 Å². The van der Waals surface area contributed by atoms with Gasteiger partial charge in [-0.3, -0.25) is 9.59 Å². The first kappa shape index (κ1) is 19.8. The highest BCUT2D eigenvalue weighted by molar-refractivity contribution is 8.01. The van der Waals surface area contributed by atoms with Crippen LogP contribution in [0.5, 0.6) is 0 Å². The molecule has 1 heterocycles. The normalized spacial score (nSPS) is 12.1. The number of esters is 1. The lowest BCUT2D eigenvalue weighted by Gasteiger charge is -2.14. The summed E-state index contributed by atoms with van der Waals surface area (Å²) in [4.78, 5) is 22.9. The van der Waals surface area contributed by atoms with Crippen LogP contribution >= 0.6 is 23.1 Å². The fourth-order valence-electron chi connectivity index (χ4n) is 2.06. The number of thiophene rings is 1. The van der Waals surface area contributed by atoms with Crippen LogP contribution in [-0.4, -0.2) is 24.2 Å². The Morgan fingerprint density at radius 1 is 1.39 bits per heavy atom. The third-order valence-corrected chi connectivity index (χ3v) is 5.75. The van der Waals surface area contributed by atoms with Crippen molar-refractivity contribution in [2.24, 2.45) is 11.7 Å². The van der Waals surface area contributed by atoms with Crippen molar-refractivity contribution >= 4 is 40.0 Å². The average Bonchev–Trinajstić information content (AvgIpc) is 2.88. The van der Waals surface area contributed by atoms with Crippen molar-refractivity contribution in [2.75, 3.05) is 18.1 Å². The van der Waals surface area contributed by atoms with E-state index in [2.05, 4.69) is 13.8 Å². The van der Waals surface area contributed by atoms with Gasteiger partial charge in [-0.1, -0.05) is 33.1 Å². The Morgan fingerprint density at radius 3 is 2.70 bits per heavy atom. The predicted molar refractivity (Wildman–Crippen MR) is 96.9 cm³/mol. The molecule has 0 radical (unpaired) electrons. The Morgan fingerprint density at radius 2 is 2.13 bits per heavy atom. The van der Waals surface area contributed by atoms with Crippen molar-refractivity contribution in [2.45, 2.75) is 50.2 Å². The Balaban J connectivity index is 2.28. The summed E-state index contributed by atoms with van der Waals surface area (Å²) in [5.41, 5.74) is 11.3. The number of unbranched alkanes of at least 4 members (excludes halogenated alkanes) is 1. The molecule has 1 unspecified atom stereocenters. The summed E-state index contributed by atoms with van der Waals surface area (Å²) in [6.07, 6.45) is 4.83. The molecule has 0 aliphatic heterocycles. The number of thioether (sulfide) groups is 1. The van der Waals surface area contributed by atoms with E-state index >= 15 is 0 Å². The SMILES string of the molecule is CCCCC(CC)COC(=O)CCSc1cc(C(N)=O)c(N)s1. The van der Waals surface area contributed by atoms with E-state index < -0.39 is 5.91 Å². The van der Waals surface area contributed by atoms with E-state index in [1.807, 2.05) is 0 Å². The number of primary amides is 1. The van der Waals surface area contributed by atoms with Crippen LogP contribution in [0.25, 0.3) is 0 Å². The zero-order valence-electron chi connectivity index (χ0n) is 13.8. The average molecular weight is 359 g/mol. The molecule has 130 valence electrons. The van der Waals surface area contributed by atoms with Crippen LogP contribution in [0.3, 0.4) is 0 Å². The molecule has 0 aliphatic rings. The van der Waals surface area contributed by atoms with E-state index in [4.69, 9.17) is 16.2 Å². The van der Waals surface area contributed by atoms with Crippen molar-refractivity contribution in [3.63, 3.8) is 0 Å². The van der Waals surface area contributed by atoms with Gasteiger partial charge in [0.2, 0.25) is 0 Å². The number of hydrogen-bond acceptors (Lipinski definition) is 6. The molecule has 0 spiro atoms. The van der Waals surface area contributed by atoms with Gasteiger partial charge in [-0.15, -0.1) is 23.1 Å². The van der Waals surface area contributed by atoms with E-state index in [-0.39, 0.29) is 5.97 Å². The van der Waals surface area contributed by atoms with Crippen LogP contribution in [-0.2, 0) is 9.53 Å². The van der Waals surface area contributed by atoms with Crippen LogP contribution in [0.4, 0.5) is 5.00 Å². The maximum Gasteiger partial charge on any atom is 0.306 e. The number of nitrogens with two attached hydrogens (primary N) is 2. The smallest absolute Gasteiger partial charge is 0.306 e. The lowest BCUT2D eigenvalue weighted by molar-refractivity contribution is -0.144. The molecule has 0 aromatic carbocycles. The van der Waals surface area contributed by atoms with E-state index in [1.54, 1.807) is 6.07 Å². The number of rotatable bonds is 11. The lowest BCUT2D eigenvalue weighted by atomic mass is 10.0. The molecular formula is C16H26N2O3S2. The van der Waals surface area contributed by atoms with Gasteiger partial charge < -0.3 is 16.2 Å². The first-order chi connectivity index (χ1) is 11.0. The van der Waals surface area contributed by atoms with Gasteiger partial charge in [0.1, 0.15) is 0 Å². The summed E-state index contributed by atoms with van der Waals surface area (Å²) in [6, 6.07) is 1.68. The topological polar surface area (TPSA) is 95.4 Å². The monoisotopic (exact) mass is 358 g/mol. The van der Waals surface area contributed by atoms with Gasteiger partial charge >= 0.3 is 5.97 Å². The van der Waals surface area contributed by atoms with Crippen molar-refractivity contribution in [3.8, 4) is 0 Å². The zero-order valence-corrected chi connectivity index (χ0v) is 15.4. The van der Waals surface area contributed by atoms with Crippen LogP contribution in [0.2, 0.25) is 0 Å². The fourth-order valence-corrected chi connectivity index (χ4v) is 4.15. The number of nitrogen functional groups attached to an aromatic ring is 1. The second kappa shape index (κ2) is 10.5. The summed E-state index contributed by atoms with van der Waals surface area (Å²) in [5.74, 6) is 0.361. The largest absolute Gasteiger partial charge is 0.465 e. The summed E-state index contributed by atoms with van der Waals surface area (Å²) < 4.78 is 6.24. The molecule has 5 nitrogen and oxygen atoms in total. The minimum atomic E-state index is -0.525.